The number of benzene rings is 2. The van der Waals surface area contributed by atoms with Crippen LogP contribution in [0, 0.1) is 18.8 Å². The number of hydrogen-bond donors (Lipinski definition) is 1. The quantitative estimate of drug-likeness (QED) is 0.413. The highest BCUT2D eigenvalue weighted by Gasteiger charge is 2.51. The van der Waals surface area contributed by atoms with Crippen LogP contribution in [0.15, 0.2) is 60.7 Å². The molecule has 0 atom stereocenters. The minimum absolute atomic E-state index is 0.230. The molecule has 0 spiro atoms. The highest BCUT2D eigenvalue weighted by Crippen LogP contribution is 2.51. The number of aryl methyl sites for hydroxylation is 1. The number of hydrogen-bond acceptors (Lipinski definition) is 3. The first kappa shape index (κ1) is 23.5. The molecule has 0 bridgehead atoms. The molecule has 2 aromatic carbocycles. The van der Waals surface area contributed by atoms with Crippen LogP contribution in [0.3, 0.4) is 0 Å². The molecule has 5 nitrogen and oxygen atoms in total. The van der Waals surface area contributed by atoms with Gasteiger partial charge in [0.1, 0.15) is 11.4 Å². The maximum atomic E-state index is 12.9. The van der Waals surface area contributed by atoms with Gasteiger partial charge in [-0.2, -0.15) is 0 Å². The van der Waals surface area contributed by atoms with Crippen molar-refractivity contribution in [2.75, 3.05) is 6.61 Å². The summed E-state index contributed by atoms with van der Waals surface area (Å²) in [5.41, 5.74) is 9.45. The Labute approximate surface area is 214 Å². The van der Waals surface area contributed by atoms with E-state index in [1.165, 1.54) is 36.9 Å². The summed E-state index contributed by atoms with van der Waals surface area (Å²) in [4.78, 5) is 18.2. The van der Waals surface area contributed by atoms with Crippen LogP contribution in [-0.2, 0) is 27.1 Å². The molecule has 0 saturated heterocycles. The summed E-state index contributed by atoms with van der Waals surface area (Å²) in [5, 5.41) is 0. The largest absolute Gasteiger partial charge is 0.369 e. The van der Waals surface area contributed by atoms with Crippen LogP contribution in [0.5, 0.6) is 0 Å². The number of carbonyl (C=O) groups is 1. The van der Waals surface area contributed by atoms with E-state index in [0.29, 0.717) is 24.7 Å². The van der Waals surface area contributed by atoms with Crippen LogP contribution < -0.4 is 5.73 Å². The Kier molecular flexibility index (Phi) is 5.99. The topological polar surface area (TPSA) is 70.1 Å². The van der Waals surface area contributed by atoms with Gasteiger partial charge >= 0.3 is 0 Å². The zero-order valence-electron chi connectivity index (χ0n) is 21.3. The van der Waals surface area contributed by atoms with Gasteiger partial charge in [-0.1, -0.05) is 60.7 Å². The zero-order valence-corrected chi connectivity index (χ0v) is 21.3. The molecule has 0 aliphatic heterocycles. The maximum absolute atomic E-state index is 12.9. The Morgan fingerprint density at radius 3 is 2.14 bits per heavy atom. The predicted molar refractivity (Wildman–Crippen MR) is 141 cm³/mol. The van der Waals surface area contributed by atoms with E-state index in [2.05, 4.69) is 54.0 Å². The molecule has 1 amide bonds. The highest BCUT2D eigenvalue weighted by molar-refractivity contribution is 5.87. The minimum atomic E-state index is -0.654. The Morgan fingerprint density at radius 1 is 0.944 bits per heavy atom. The van der Waals surface area contributed by atoms with Gasteiger partial charge in [0, 0.05) is 12.1 Å². The molecular formula is C31H37N3O2. The summed E-state index contributed by atoms with van der Waals surface area (Å²) in [5.74, 6) is 2.18. The number of carbonyl (C=O) groups excluding carboxylic acids is 1. The van der Waals surface area contributed by atoms with Gasteiger partial charge in [-0.15, -0.1) is 0 Å². The second-order valence-corrected chi connectivity index (χ2v) is 11.4. The van der Waals surface area contributed by atoms with Crippen molar-refractivity contribution in [1.82, 2.24) is 9.55 Å². The minimum Gasteiger partial charge on any atom is -0.369 e. The van der Waals surface area contributed by atoms with E-state index in [4.69, 9.17) is 15.5 Å². The summed E-state index contributed by atoms with van der Waals surface area (Å²) in [7, 11) is 0. The van der Waals surface area contributed by atoms with E-state index in [9.17, 15) is 4.79 Å². The first-order valence-corrected chi connectivity index (χ1v) is 13.6. The molecular weight excluding hydrogens is 446 g/mol. The van der Waals surface area contributed by atoms with Crippen LogP contribution in [0.4, 0.5) is 0 Å². The van der Waals surface area contributed by atoms with Crippen molar-refractivity contribution in [1.29, 1.82) is 0 Å². The number of primary amides is 1. The van der Waals surface area contributed by atoms with E-state index < -0.39 is 11.0 Å². The summed E-state index contributed by atoms with van der Waals surface area (Å²) in [6, 6.07) is 20.7. The van der Waals surface area contributed by atoms with Gasteiger partial charge in [0.2, 0.25) is 5.91 Å². The number of ether oxygens (including phenoxy) is 1. The number of rotatable bonds is 9. The lowest BCUT2D eigenvalue weighted by atomic mass is 9.64. The van der Waals surface area contributed by atoms with Gasteiger partial charge in [0.25, 0.3) is 0 Å². The third-order valence-corrected chi connectivity index (χ3v) is 8.74. The molecule has 36 heavy (non-hydrogen) atoms. The molecule has 6 rings (SSSR count). The van der Waals surface area contributed by atoms with Crippen LogP contribution in [0.25, 0.3) is 11.3 Å². The monoisotopic (exact) mass is 483 g/mol. The zero-order chi connectivity index (χ0) is 24.8. The van der Waals surface area contributed by atoms with Crippen LogP contribution in [0.1, 0.15) is 68.4 Å². The molecule has 3 aliphatic carbocycles. The fourth-order valence-electron chi connectivity index (χ4n) is 6.13. The van der Waals surface area contributed by atoms with E-state index >= 15 is 0 Å². The molecule has 188 valence electrons. The van der Waals surface area contributed by atoms with E-state index in [1.807, 2.05) is 18.2 Å². The van der Waals surface area contributed by atoms with Gasteiger partial charge in [-0.05, 0) is 75.7 Å². The summed E-state index contributed by atoms with van der Waals surface area (Å²) >= 11 is 0. The average molecular weight is 484 g/mol. The normalized spacial score (nSPS) is 26.1. The molecule has 3 saturated carbocycles. The molecule has 1 heterocycles. The smallest absolute Gasteiger partial charge is 0.228 e. The summed E-state index contributed by atoms with van der Waals surface area (Å²) in [6.07, 6.45) is 7.88. The Hall–Kier alpha value is -2.92. The SMILES string of the molecule is Cc1nc([C@]2(OCC3CC3)CC[C@@](C(N)=O)(c3ccccc3)CC2)n(CC2CC2)c1-c1ccccc1. The van der Waals surface area contributed by atoms with Crippen molar-refractivity contribution in [3.05, 3.63) is 77.7 Å². The van der Waals surface area contributed by atoms with Crippen LogP contribution in [0.2, 0.25) is 0 Å². The number of nitrogens with two attached hydrogens (primary N) is 1. The highest BCUT2D eigenvalue weighted by atomic mass is 16.5. The van der Waals surface area contributed by atoms with Gasteiger partial charge in [-0.3, -0.25) is 4.79 Å². The molecule has 0 radical (unpaired) electrons. The van der Waals surface area contributed by atoms with Gasteiger partial charge in [-0.25, -0.2) is 4.98 Å². The standard InChI is InChI=1S/C31H37N3O2/c1-22-27(25-8-4-2-5-9-25)34(20-23-12-13-23)29(33-22)31(36-21-24-14-15-24)18-16-30(17-19-31,28(32)35)26-10-6-3-7-11-26/h2-11,23-24H,12-21H2,1H3,(H2,32,35)/t30-,31-. The van der Waals surface area contributed by atoms with Crippen LogP contribution >= 0.6 is 0 Å². The maximum Gasteiger partial charge on any atom is 0.228 e. The molecule has 1 aromatic heterocycles. The van der Waals surface area contributed by atoms with Crippen molar-refractivity contribution in [2.24, 2.45) is 17.6 Å². The Morgan fingerprint density at radius 2 is 1.56 bits per heavy atom. The van der Waals surface area contributed by atoms with Gasteiger partial charge < -0.3 is 15.0 Å². The van der Waals surface area contributed by atoms with Crippen molar-refractivity contribution in [2.45, 2.75) is 75.9 Å². The second kappa shape index (κ2) is 9.19. The van der Waals surface area contributed by atoms with E-state index in [0.717, 1.165) is 43.1 Å². The lowest BCUT2D eigenvalue weighted by Gasteiger charge is -2.45. The van der Waals surface area contributed by atoms with Crippen molar-refractivity contribution < 1.29 is 9.53 Å². The Balaban J connectivity index is 1.41. The van der Waals surface area contributed by atoms with Crippen molar-refractivity contribution >= 4 is 5.91 Å². The van der Waals surface area contributed by atoms with Crippen molar-refractivity contribution in [3.8, 4) is 11.3 Å². The first-order valence-electron chi connectivity index (χ1n) is 13.6. The molecule has 0 unspecified atom stereocenters. The molecule has 3 aromatic rings. The fraction of sp³-hybridized carbons (Fsp3) is 0.484. The van der Waals surface area contributed by atoms with E-state index in [-0.39, 0.29) is 5.91 Å². The number of amides is 1. The first-order chi connectivity index (χ1) is 17.5. The summed E-state index contributed by atoms with van der Waals surface area (Å²) < 4.78 is 9.37. The third-order valence-electron chi connectivity index (χ3n) is 8.74. The number of aromatic nitrogens is 2. The van der Waals surface area contributed by atoms with Crippen LogP contribution in [-0.4, -0.2) is 22.1 Å². The average Bonchev–Trinajstić information content (AvgIpc) is 3.84. The fourth-order valence-corrected chi connectivity index (χ4v) is 6.13. The lowest BCUT2D eigenvalue weighted by Crippen LogP contribution is -2.49. The summed E-state index contributed by atoms with van der Waals surface area (Å²) in [6.45, 7) is 3.88. The molecule has 2 N–H and O–H groups in total. The predicted octanol–water partition coefficient (Wildman–Crippen LogP) is 5.89. The van der Waals surface area contributed by atoms with Gasteiger partial charge in [0.05, 0.1) is 23.4 Å². The lowest BCUT2D eigenvalue weighted by molar-refractivity contribution is -0.133. The second-order valence-electron chi connectivity index (χ2n) is 11.4. The molecule has 3 aliphatic rings. The third kappa shape index (κ3) is 4.28. The molecule has 3 fully saturated rings. The van der Waals surface area contributed by atoms with Gasteiger partial charge in [0.15, 0.2) is 0 Å². The van der Waals surface area contributed by atoms with E-state index in [1.54, 1.807) is 0 Å². The molecule has 5 heteroatoms. The number of imidazole rings is 1. The van der Waals surface area contributed by atoms with Crippen molar-refractivity contribution in [3.63, 3.8) is 0 Å². The number of nitrogens with zero attached hydrogens (tertiary/aromatic N) is 2. The Bertz CT molecular complexity index is 1220.